The standard InChI is InChI=1S/C17H13Cl2N3O2/c18-12-4-1-3-11-15(12)21-17(10-6-7-14(19)20-9-10)22-16(11)13(24)5-2-8-23/h1,3-4,6-7,9,23H,2,5,8H2. The highest BCUT2D eigenvalue weighted by Crippen LogP contribution is 2.27. The number of fused-ring (bicyclic) bond motifs is 1. The van der Waals surface area contributed by atoms with Gasteiger partial charge in [-0.15, -0.1) is 0 Å². The van der Waals surface area contributed by atoms with Crippen molar-refractivity contribution < 1.29 is 9.90 Å². The zero-order valence-electron chi connectivity index (χ0n) is 12.5. The Morgan fingerprint density at radius 3 is 2.67 bits per heavy atom. The van der Waals surface area contributed by atoms with Crippen LogP contribution in [0.4, 0.5) is 0 Å². The number of benzene rings is 1. The van der Waals surface area contributed by atoms with Gasteiger partial charge in [0, 0.05) is 30.2 Å². The fourth-order valence-electron chi connectivity index (χ4n) is 2.32. The predicted molar refractivity (Wildman–Crippen MR) is 93.4 cm³/mol. The first-order valence-electron chi connectivity index (χ1n) is 7.32. The lowest BCUT2D eigenvalue weighted by Crippen LogP contribution is -2.07. The maximum Gasteiger partial charge on any atom is 0.182 e. The number of aromatic nitrogens is 3. The van der Waals surface area contributed by atoms with Crippen molar-refractivity contribution in [3.63, 3.8) is 0 Å². The predicted octanol–water partition coefficient (Wildman–Crippen LogP) is 3.95. The summed E-state index contributed by atoms with van der Waals surface area (Å²) in [5.74, 6) is 0.189. The molecular formula is C17H13Cl2N3O2. The van der Waals surface area contributed by atoms with Crippen LogP contribution in [0.15, 0.2) is 36.5 Å². The summed E-state index contributed by atoms with van der Waals surface area (Å²) >= 11 is 12.1. The summed E-state index contributed by atoms with van der Waals surface area (Å²) in [5, 5.41) is 10.3. The minimum absolute atomic E-state index is 0.0521. The molecule has 5 nitrogen and oxygen atoms in total. The number of hydrogen-bond acceptors (Lipinski definition) is 5. The number of aliphatic hydroxyl groups is 1. The molecule has 0 amide bonds. The number of carbonyl (C=O) groups is 1. The number of para-hydroxylation sites is 1. The van der Waals surface area contributed by atoms with Gasteiger partial charge in [-0.3, -0.25) is 4.79 Å². The summed E-state index contributed by atoms with van der Waals surface area (Å²) in [6.45, 7) is -0.0521. The van der Waals surface area contributed by atoms with Crippen LogP contribution >= 0.6 is 23.2 Å². The highest BCUT2D eigenvalue weighted by molar-refractivity contribution is 6.35. The molecule has 0 saturated carbocycles. The van der Waals surface area contributed by atoms with Crippen molar-refractivity contribution in [3.05, 3.63) is 52.4 Å². The Bertz CT molecular complexity index is 898. The Hall–Kier alpha value is -2.08. The van der Waals surface area contributed by atoms with Gasteiger partial charge in [0.2, 0.25) is 0 Å². The van der Waals surface area contributed by atoms with E-state index >= 15 is 0 Å². The minimum atomic E-state index is -0.165. The van der Waals surface area contributed by atoms with Crippen LogP contribution in [0.2, 0.25) is 10.2 Å². The van der Waals surface area contributed by atoms with Crippen molar-refractivity contribution in [2.75, 3.05) is 6.61 Å². The Kier molecular flexibility index (Phi) is 5.04. The first-order chi connectivity index (χ1) is 11.6. The molecule has 0 unspecified atom stereocenters. The van der Waals surface area contributed by atoms with Crippen LogP contribution in [-0.4, -0.2) is 32.4 Å². The summed E-state index contributed by atoms with van der Waals surface area (Å²) in [7, 11) is 0. The van der Waals surface area contributed by atoms with Crippen molar-refractivity contribution in [2.45, 2.75) is 12.8 Å². The molecule has 2 aromatic heterocycles. The van der Waals surface area contributed by atoms with Crippen molar-refractivity contribution in [3.8, 4) is 11.4 Å². The van der Waals surface area contributed by atoms with Crippen LogP contribution < -0.4 is 0 Å². The van der Waals surface area contributed by atoms with E-state index in [1.165, 1.54) is 0 Å². The van der Waals surface area contributed by atoms with Crippen LogP contribution in [0.5, 0.6) is 0 Å². The molecule has 0 aliphatic heterocycles. The molecule has 24 heavy (non-hydrogen) atoms. The third-order valence-corrected chi connectivity index (χ3v) is 4.02. The largest absolute Gasteiger partial charge is 0.396 e. The SMILES string of the molecule is O=C(CCCO)c1nc(-c2ccc(Cl)nc2)nc2c(Cl)cccc12. The van der Waals surface area contributed by atoms with Crippen LogP contribution in [0.3, 0.4) is 0 Å². The lowest BCUT2D eigenvalue weighted by atomic mass is 10.1. The average molecular weight is 362 g/mol. The number of ketones is 1. The molecule has 0 saturated heterocycles. The van der Waals surface area contributed by atoms with E-state index in [1.54, 1.807) is 36.5 Å². The molecule has 0 spiro atoms. The number of rotatable bonds is 5. The van der Waals surface area contributed by atoms with Gasteiger partial charge in [0.15, 0.2) is 11.6 Å². The maximum absolute atomic E-state index is 12.5. The molecule has 7 heteroatoms. The lowest BCUT2D eigenvalue weighted by molar-refractivity contribution is 0.0968. The molecule has 3 rings (SSSR count). The monoisotopic (exact) mass is 361 g/mol. The van der Waals surface area contributed by atoms with Crippen molar-refractivity contribution in [1.29, 1.82) is 0 Å². The second-order valence-electron chi connectivity index (χ2n) is 5.15. The number of nitrogens with zero attached hydrogens (tertiary/aromatic N) is 3. The Morgan fingerprint density at radius 1 is 1.12 bits per heavy atom. The summed E-state index contributed by atoms with van der Waals surface area (Å²) in [6.07, 6.45) is 2.12. The fourth-order valence-corrected chi connectivity index (χ4v) is 2.65. The second kappa shape index (κ2) is 7.21. The van der Waals surface area contributed by atoms with E-state index in [4.69, 9.17) is 28.3 Å². The van der Waals surface area contributed by atoms with Gasteiger partial charge >= 0.3 is 0 Å². The van der Waals surface area contributed by atoms with Gasteiger partial charge in [-0.25, -0.2) is 15.0 Å². The smallest absolute Gasteiger partial charge is 0.182 e. The zero-order valence-corrected chi connectivity index (χ0v) is 14.1. The molecule has 1 N–H and O–H groups in total. The van der Waals surface area contributed by atoms with Crippen LogP contribution in [0, 0.1) is 0 Å². The van der Waals surface area contributed by atoms with Crippen molar-refractivity contribution in [1.82, 2.24) is 15.0 Å². The number of hydrogen-bond donors (Lipinski definition) is 1. The van der Waals surface area contributed by atoms with Crippen LogP contribution in [0.25, 0.3) is 22.3 Å². The first-order valence-corrected chi connectivity index (χ1v) is 8.08. The molecule has 0 aliphatic carbocycles. The van der Waals surface area contributed by atoms with Crippen LogP contribution in [0.1, 0.15) is 23.3 Å². The number of carbonyl (C=O) groups excluding carboxylic acids is 1. The van der Waals surface area contributed by atoms with Gasteiger partial charge in [0.25, 0.3) is 0 Å². The molecule has 3 aromatic rings. The average Bonchev–Trinajstić information content (AvgIpc) is 2.60. The molecule has 0 bridgehead atoms. The maximum atomic E-state index is 12.5. The quantitative estimate of drug-likeness (QED) is 0.549. The normalized spacial score (nSPS) is 11.0. The van der Waals surface area contributed by atoms with E-state index in [0.29, 0.717) is 44.6 Å². The van der Waals surface area contributed by atoms with Gasteiger partial charge in [0.1, 0.15) is 10.8 Å². The highest BCUT2D eigenvalue weighted by atomic mass is 35.5. The van der Waals surface area contributed by atoms with Crippen LogP contribution in [-0.2, 0) is 0 Å². The van der Waals surface area contributed by atoms with E-state index in [0.717, 1.165) is 0 Å². The molecule has 0 fully saturated rings. The fraction of sp³-hybridized carbons (Fsp3) is 0.176. The molecule has 0 radical (unpaired) electrons. The minimum Gasteiger partial charge on any atom is -0.396 e. The van der Waals surface area contributed by atoms with E-state index in [9.17, 15) is 4.79 Å². The van der Waals surface area contributed by atoms with E-state index in [-0.39, 0.29) is 18.8 Å². The zero-order chi connectivity index (χ0) is 17.1. The number of pyridine rings is 1. The summed E-state index contributed by atoms with van der Waals surface area (Å²) in [4.78, 5) is 25.4. The van der Waals surface area contributed by atoms with Gasteiger partial charge in [-0.05, 0) is 24.6 Å². The number of halogens is 2. The number of Topliss-reactive ketones (excluding diaryl/α,β-unsaturated/α-hetero) is 1. The Morgan fingerprint density at radius 2 is 1.96 bits per heavy atom. The Balaban J connectivity index is 2.19. The van der Waals surface area contributed by atoms with Gasteiger partial charge in [-0.1, -0.05) is 35.3 Å². The molecule has 1 aromatic carbocycles. The molecule has 0 aliphatic rings. The van der Waals surface area contributed by atoms with E-state index in [1.807, 2.05) is 0 Å². The van der Waals surface area contributed by atoms with Crippen molar-refractivity contribution in [2.24, 2.45) is 0 Å². The van der Waals surface area contributed by atoms with Gasteiger partial charge < -0.3 is 5.11 Å². The lowest BCUT2D eigenvalue weighted by Gasteiger charge is -2.09. The molecule has 122 valence electrons. The summed E-state index contributed by atoms with van der Waals surface area (Å²) in [5.41, 5.74) is 1.43. The topological polar surface area (TPSA) is 76.0 Å². The van der Waals surface area contributed by atoms with Crippen molar-refractivity contribution >= 4 is 39.9 Å². The third-order valence-electron chi connectivity index (χ3n) is 3.49. The first kappa shape index (κ1) is 16.8. The third kappa shape index (κ3) is 3.38. The summed E-state index contributed by atoms with van der Waals surface area (Å²) in [6, 6.07) is 8.58. The molecule has 0 atom stereocenters. The summed E-state index contributed by atoms with van der Waals surface area (Å²) < 4.78 is 0. The molecular weight excluding hydrogens is 349 g/mol. The van der Waals surface area contributed by atoms with Gasteiger partial charge in [-0.2, -0.15) is 0 Å². The second-order valence-corrected chi connectivity index (χ2v) is 5.95. The highest BCUT2D eigenvalue weighted by Gasteiger charge is 2.17. The molecule has 2 heterocycles. The van der Waals surface area contributed by atoms with Gasteiger partial charge in [0.05, 0.1) is 10.5 Å². The van der Waals surface area contributed by atoms with E-state index < -0.39 is 0 Å². The van der Waals surface area contributed by atoms with E-state index in [2.05, 4.69) is 15.0 Å². The number of aliphatic hydroxyl groups excluding tert-OH is 1. The Labute approximate surface area is 148 Å².